The van der Waals surface area contributed by atoms with E-state index in [0.717, 1.165) is 38.2 Å². The molecule has 4 nitrogen and oxygen atoms in total. The Morgan fingerprint density at radius 3 is 2.38 bits per heavy atom. The maximum absolute atomic E-state index is 12.6. The van der Waals surface area contributed by atoms with Crippen LogP contribution in [0.2, 0.25) is 0 Å². The average molecular weight is 342 g/mol. The summed E-state index contributed by atoms with van der Waals surface area (Å²) in [4.78, 5) is 13.8. The van der Waals surface area contributed by atoms with Crippen LogP contribution in [0.15, 0.2) is 29.8 Å². The highest BCUT2D eigenvalue weighted by atomic mass is 19.4. The average Bonchev–Trinajstić information content (AvgIpc) is 2.54. The van der Waals surface area contributed by atoms with E-state index in [4.69, 9.17) is 10.5 Å². The first-order valence-electron chi connectivity index (χ1n) is 7.84. The number of carbonyl (C=O) groups excluding carboxylic acids is 1. The van der Waals surface area contributed by atoms with Crippen LogP contribution in [-0.4, -0.2) is 43.7 Å². The number of hydrogen-bond donors (Lipinski definition) is 1. The molecule has 0 unspecified atom stereocenters. The minimum absolute atomic E-state index is 0.419. The molecule has 24 heavy (non-hydrogen) atoms. The molecule has 2 rings (SSSR count). The van der Waals surface area contributed by atoms with Gasteiger partial charge in [0.1, 0.15) is 0 Å². The first kappa shape index (κ1) is 18.5. The molecule has 0 bridgehead atoms. The second-order valence-corrected chi connectivity index (χ2v) is 5.71. The molecule has 0 atom stereocenters. The zero-order valence-corrected chi connectivity index (χ0v) is 13.3. The fourth-order valence-electron chi connectivity index (χ4n) is 2.55. The number of ether oxygens (including phenoxy) is 1. The van der Waals surface area contributed by atoms with Crippen molar-refractivity contribution in [2.24, 2.45) is 5.73 Å². The molecular formula is C17H21F3N2O2. The zero-order valence-electron chi connectivity index (χ0n) is 13.3. The predicted molar refractivity (Wildman–Crippen MR) is 85.1 cm³/mol. The number of hydrogen-bond acceptors (Lipinski definition) is 3. The Labute approximate surface area is 139 Å². The summed E-state index contributed by atoms with van der Waals surface area (Å²) in [7, 11) is 0. The van der Waals surface area contributed by atoms with E-state index in [0.29, 0.717) is 30.8 Å². The van der Waals surface area contributed by atoms with Gasteiger partial charge in [0.25, 0.3) is 0 Å². The SMILES string of the molecule is NC(=O)C(=Cc1ccc(C(F)(F)F)cc1)CCCN1CCOCC1. The standard InChI is InChI=1S/C17H21F3N2O2/c18-17(19,20)15-5-3-13(4-6-15)12-14(16(21)23)2-1-7-22-8-10-24-11-9-22/h3-6,12H,1-2,7-11H2,(H2,21,23). The van der Waals surface area contributed by atoms with E-state index in [1.807, 2.05) is 0 Å². The third-order valence-corrected chi connectivity index (χ3v) is 3.92. The van der Waals surface area contributed by atoms with Gasteiger partial charge in [0.15, 0.2) is 0 Å². The predicted octanol–water partition coefficient (Wildman–Crippen LogP) is 2.69. The lowest BCUT2D eigenvalue weighted by Gasteiger charge is -2.26. The van der Waals surface area contributed by atoms with Crippen molar-refractivity contribution in [3.05, 3.63) is 41.0 Å². The molecule has 1 heterocycles. The van der Waals surface area contributed by atoms with Gasteiger partial charge in [-0.15, -0.1) is 0 Å². The fraction of sp³-hybridized carbons (Fsp3) is 0.471. The van der Waals surface area contributed by atoms with Crippen LogP contribution in [0.4, 0.5) is 13.2 Å². The highest BCUT2D eigenvalue weighted by molar-refractivity contribution is 5.96. The number of nitrogens with two attached hydrogens (primary N) is 1. The highest BCUT2D eigenvalue weighted by Crippen LogP contribution is 2.29. The Kier molecular flexibility index (Phi) is 6.39. The summed E-state index contributed by atoms with van der Waals surface area (Å²) in [5.41, 5.74) is 5.62. The van der Waals surface area contributed by atoms with Crippen LogP contribution in [-0.2, 0) is 15.7 Å². The topological polar surface area (TPSA) is 55.6 Å². The Bertz CT molecular complexity index is 576. The summed E-state index contributed by atoms with van der Waals surface area (Å²) in [5.74, 6) is -0.545. The third kappa shape index (κ3) is 5.65. The van der Waals surface area contributed by atoms with Crippen LogP contribution in [0, 0.1) is 0 Å². The summed E-state index contributed by atoms with van der Waals surface area (Å²) in [6.07, 6.45) is -1.56. The Morgan fingerprint density at radius 1 is 1.21 bits per heavy atom. The minimum Gasteiger partial charge on any atom is -0.379 e. The minimum atomic E-state index is -4.37. The van der Waals surface area contributed by atoms with E-state index in [-0.39, 0.29) is 0 Å². The zero-order chi connectivity index (χ0) is 17.6. The maximum Gasteiger partial charge on any atom is 0.416 e. The summed E-state index contributed by atoms with van der Waals surface area (Å²) in [5, 5.41) is 0. The monoisotopic (exact) mass is 342 g/mol. The first-order chi connectivity index (χ1) is 11.4. The number of rotatable bonds is 6. The fourth-order valence-corrected chi connectivity index (χ4v) is 2.55. The van der Waals surface area contributed by atoms with Crippen LogP contribution in [0.1, 0.15) is 24.0 Å². The summed E-state index contributed by atoms with van der Waals surface area (Å²) in [6, 6.07) is 4.68. The molecule has 1 aliphatic heterocycles. The molecule has 0 saturated carbocycles. The molecular weight excluding hydrogens is 321 g/mol. The smallest absolute Gasteiger partial charge is 0.379 e. The highest BCUT2D eigenvalue weighted by Gasteiger charge is 2.29. The lowest BCUT2D eigenvalue weighted by atomic mass is 10.0. The van der Waals surface area contributed by atoms with Crippen LogP contribution in [0.3, 0.4) is 0 Å². The molecule has 1 amide bonds. The number of halogens is 3. The van der Waals surface area contributed by atoms with E-state index >= 15 is 0 Å². The van der Waals surface area contributed by atoms with Crippen LogP contribution >= 0.6 is 0 Å². The molecule has 1 saturated heterocycles. The van der Waals surface area contributed by atoms with E-state index < -0.39 is 17.6 Å². The molecule has 0 radical (unpaired) electrons. The van der Waals surface area contributed by atoms with Crippen molar-refractivity contribution in [1.82, 2.24) is 4.90 Å². The van der Waals surface area contributed by atoms with Gasteiger partial charge in [-0.1, -0.05) is 12.1 Å². The van der Waals surface area contributed by atoms with Crippen LogP contribution < -0.4 is 5.73 Å². The largest absolute Gasteiger partial charge is 0.416 e. The lowest BCUT2D eigenvalue weighted by Crippen LogP contribution is -2.36. The van der Waals surface area contributed by atoms with E-state index in [1.165, 1.54) is 12.1 Å². The molecule has 0 spiro atoms. The van der Waals surface area contributed by atoms with Crippen molar-refractivity contribution >= 4 is 12.0 Å². The van der Waals surface area contributed by atoms with Crippen molar-refractivity contribution in [3.8, 4) is 0 Å². The second-order valence-electron chi connectivity index (χ2n) is 5.71. The number of morpholine rings is 1. The van der Waals surface area contributed by atoms with Gasteiger partial charge < -0.3 is 10.5 Å². The molecule has 1 aromatic carbocycles. The lowest BCUT2D eigenvalue weighted by molar-refractivity contribution is -0.137. The Hall–Kier alpha value is -1.86. The van der Waals surface area contributed by atoms with Gasteiger partial charge in [-0.25, -0.2) is 0 Å². The molecule has 1 fully saturated rings. The number of carbonyl (C=O) groups is 1. The normalized spacial score (nSPS) is 17.0. The number of benzene rings is 1. The first-order valence-corrected chi connectivity index (χ1v) is 7.84. The Balaban J connectivity index is 1.96. The van der Waals surface area contributed by atoms with E-state index in [2.05, 4.69) is 4.90 Å². The van der Waals surface area contributed by atoms with Crippen LogP contribution in [0.5, 0.6) is 0 Å². The third-order valence-electron chi connectivity index (χ3n) is 3.92. The molecule has 1 aromatic rings. The van der Waals surface area contributed by atoms with E-state index in [9.17, 15) is 18.0 Å². The number of nitrogens with zero attached hydrogens (tertiary/aromatic N) is 1. The van der Waals surface area contributed by atoms with Crippen molar-refractivity contribution in [1.29, 1.82) is 0 Å². The molecule has 0 aliphatic carbocycles. The molecule has 132 valence electrons. The summed E-state index contributed by atoms with van der Waals surface area (Å²) in [6.45, 7) is 4.00. The molecule has 7 heteroatoms. The number of amides is 1. The summed E-state index contributed by atoms with van der Waals surface area (Å²) >= 11 is 0. The van der Waals surface area contributed by atoms with Gasteiger partial charge in [-0.05, 0) is 43.2 Å². The van der Waals surface area contributed by atoms with Gasteiger partial charge in [0.2, 0.25) is 5.91 Å². The quantitative estimate of drug-likeness (QED) is 0.809. The van der Waals surface area contributed by atoms with Crippen LogP contribution in [0.25, 0.3) is 6.08 Å². The molecule has 2 N–H and O–H groups in total. The van der Waals surface area contributed by atoms with Gasteiger partial charge >= 0.3 is 6.18 Å². The van der Waals surface area contributed by atoms with Gasteiger partial charge in [-0.3, -0.25) is 9.69 Å². The number of primary amides is 1. The molecule has 1 aliphatic rings. The van der Waals surface area contributed by atoms with Crippen molar-refractivity contribution < 1.29 is 22.7 Å². The van der Waals surface area contributed by atoms with Gasteiger partial charge in [0, 0.05) is 18.7 Å². The van der Waals surface area contributed by atoms with Gasteiger partial charge in [0.05, 0.1) is 18.8 Å². The maximum atomic E-state index is 12.6. The second kappa shape index (κ2) is 8.30. The van der Waals surface area contributed by atoms with Crippen molar-refractivity contribution in [2.75, 3.05) is 32.8 Å². The van der Waals surface area contributed by atoms with Crippen molar-refractivity contribution in [3.63, 3.8) is 0 Å². The number of alkyl halides is 3. The molecule has 0 aromatic heterocycles. The Morgan fingerprint density at radius 2 is 1.83 bits per heavy atom. The van der Waals surface area contributed by atoms with Gasteiger partial charge in [-0.2, -0.15) is 13.2 Å². The van der Waals surface area contributed by atoms with E-state index in [1.54, 1.807) is 6.08 Å². The van der Waals surface area contributed by atoms with Crippen molar-refractivity contribution in [2.45, 2.75) is 19.0 Å². The summed E-state index contributed by atoms with van der Waals surface area (Å²) < 4.78 is 42.9.